The third kappa shape index (κ3) is 4.05. The van der Waals surface area contributed by atoms with Crippen LogP contribution in [0.1, 0.15) is 46.5 Å². The van der Waals surface area contributed by atoms with Crippen molar-refractivity contribution in [1.82, 2.24) is 0 Å². The first kappa shape index (κ1) is 25.9. The maximum Gasteiger partial charge on any atom is 0.331 e. The molecule has 196 valence electrons. The monoisotopic (exact) mass is 612 g/mol. The largest absolute Gasteiger partial charge is 0.464 e. The molecule has 0 amide bonds. The number of epoxide rings is 1. The van der Waals surface area contributed by atoms with Crippen molar-refractivity contribution < 1.29 is 38.1 Å². The molecule has 36 heavy (non-hydrogen) atoms. The van der Waals surface area contributed by atoms with Crippen LogP contribution in [0.3, 0.4) is 0 Å². The van der Waals surface area contributed by atoms with Crippen LogP contribution in [0.25, 0.3) is 0 Å². The molecule has 8 nitrogen and oxygen atoms in total. The van der Waals surface area contributed by atoms with E-state index in [1.807, 2.05) is 6.92 Å². The lowest BCUT2D eigenvalue weighted by Gasteiger charge is -2.58. The predicted octanol–water partition coefficient (Wildman–Crippen LogP) is 3.61. The number of esters is 3. The van der Waals surface area contributed by atoms with Crippen molar-refractivity contribution in [2.45, 2.75) is 74.3 Å². The van der Waals surface area contributed by atoms with Crippen LogP contribution < -0.4 is 0 Å². The highest BCUT2D eigenvalue weighted by atomic mass is 127. The van der Waals surface area contributed by atoms with Gasteiger partial charge in [-0.3, -0.25) is 4.79 Å². The molecule has 2 bridgehead atoms. The van der Waals surface area contributed by atoms with Gasteiger partial charge in [-0.2, -0.15) is 0 Å². The fourth-order valence-electron chi connectivity index (χ4n) is 6.63. The Morgan fingerprint density at radius 2 is 1.75 bits per heavy atom. The molecule has 2 spiro atoms. The second kappa shape index (κ2) is 9.54. The van der Waals surface area contributed by atoms with E-state index in [4.69, 9.17) is 23.7 Å². The van der Waals surface area contributed by atoms with Gasteiger partial charge in [0.15, 0.2) is 0 Å². The summed E-state index contributed by atoms with van der Waals surface area (Å²) in [5.74, 6) is -1.36. The molecule has 2 aliphatic carbocycles. The predicted molar refractivity (Wildman–Crippen MR) is 137 cm³/mol. The molecule has 0 aromatic rings. The Balaban J connectivity index is 1.52. The molecule has 9 heteroatoms. The van der Waals surface area contributed by atoms with Gasteiger partial charge >= 0.3 is 17.9 Å². The summed E-state index contributed by atoms with van der Waals surface area (Å²) in [5, 5.41) is 0. The number of ether oxygens (including phenoxy) is 5. The van der Waals surface area contributed by atoms with Gasteiger partial charge in [0.05, 0.1) is 30.8 Å². The molecule has 0 N–H and O–H groups in total. The highest BCUT2D eigenvalue weighted by Gasteiger charge is 2.83. The number of carbonyl (C=O) groups excluding carboxylic acids is 3. The van der Waals surface area contributed by atoms with Crippen LogP contribution in [-0.2, 0) is 38.1 Å². The fraction of sp³-hybridized carbons (Fsp3) is 0.667. The van der Waals surface area contributed by atoms with E-state index in [1.165, 1.54) is 29.9 Å². The second-order valence-electron chi connectivity index (χ2n) is 10.9. The van der Waals surface area contributed by atoms with Crippen molar-refractivity contribution in [1.29, 1.82) is 0 Å². The van der Waals surface area contributed by atoms with Crippen LogP contribution >= 0.6 is 22.6 Å². The SMILES string of the molecule is CC1=C[C@H]2O[C@@H]3C[C@H]4OC(=O)/C=C\C=C\C(=O)OCC[C@@H](C)[C@@H](I)C(=O)OC[C@@]2(CC1)[C@]4(C)[C@]31CO1. The number of rotatable bonds is 0. The molecule has 1 saturated carbocycles. The lowest BCUT2D eigenvalue weighted by atomic mass is 9.51. The normalized spacial score (nSPS) is 46.8. The Morgan fingerprint density at radius 1 is 1.03 bits per heavy atom. The molecular formula is C27H33IO8. The Morgan fingerprint density at radius 3 is 2.47 bits per heavy atom. The van der Waals surface area contributed by atoms with Gasteiger partial charge in [0.2, 0.25) is 0 Å². The Hall–Kier alpha value is -1.72. The fourth-order valence-corrected chi connectivity index (χ4v) is 7.17. The minimum atomic E-state index is -0.605. The van der Waals surface area contributed by atoms with E-state index in [9.17, 15) is 14.4 Å². The van der Waals surface area contributed by atoms with Gasteiger partial charge in [-0.15, -0.1) is 0 Å². The number of cyclic esters (lactones) is 2. The molecule has 0 radical (unpaired) electrons. The number of hydrogen-bond acceptors (Lipinski definition) is 8. The maximum absolute atomic E-state index is 13.2. The van der Waals surface area contributed by atoms with E-state index in [2.05, 4.69) is 42.5 Å². The first-order valence-electron chi connectivity index (χ1n) is 12.6. The van der Waals surface area contributed by atoms with Crippen molar-refractivity contribution in [3.8, 4) is 0 Å². The zero-order chi connectivity index (χ0) is 25.7. The minimum absolute atomic E-state index is 0.0451. The standard InChI is InChI=1S/C27H33IO8/c1-16-8-10-26-14-33-24(31)23(28)17(2)9-11-32-21(29)6-4-5-7-22(30)36-18-13-20(35-19(26)12-16)27(15-34-27)25(18,26)3/h4-7,12,17-20,23H,8-11,13-15H2,1-3H3/b6-4+,7-5-/t17-,18-,19-,20-,23-,25-,26-,27+/m1/s1. The van der Waals surface area contributed by atoms with Crippen LogP contribution in [-0.4, -0.2) is 65.6 Å². The molecule has 5 aliphatic rings. The van der Waals surface area contributed by atoms with Gasteiger partial charge in [0.25, 0.3) is 0 Å². The van der Waals surface area contributed by atoms with E-state index < -0.39 is 38.4 Å². The Bertz CT molecular complexity index is 1030. The van der Waals surface area contributed by atoms with Gasteiger partial charge in [-0.05, 0) is 32.1 Å². The van der Waals surface area contributed by atoms with Crippen LogP contribution in [0.5, 0.6) is 0 Å². The molecule has 3 heterocycles. The lowest BCUT2D eigenvalue weighted by molar-refractivity contribution is -0.233. The van der Waals surface area contributed by atoms with Crippen molar-refractivity contribution in [2.24, 2.45) is 16.7 Å². The van der Waals surface area contributed by atoms with Gasteiger partial charge < -0.3 is 23.7 Å². The first-order valence-corrected chi connectivity index (χ1v) is 13.9. The van der Waals surface area contributed by atoms with Crippen molar-refractivity contribution in [3.63, 3.8) is 0 Å². The molecule has 3 aliphatic heterocycles. The summed E-state index contributed by atoms with van der Waals surface area (Å²) in [5.41, 5.74) is -0.525. The summed E-state index contributed by atoms with van der Waals surface area (Å²) in [6.45, 7) is 7.04. The third-order valence-electron chi connectivity index (χ3n) is 9.07. The average Bonchev–Trinajstić information content (AvgIpc) is 3.62. The topological polar surface area (TPSA) is 101 Å². The van der Waals surface area contributed by atoms with E-state index in [1.54, 1.807) is 0 Å². The van der Waals surface area contributed by atoms with Gasteiger partial charge in [0.1, 0.15) is 22.2 Å². The van der Waals surface area contributed by atoms with E-state index in [0.29, 0.717) is 19.4 Å². The van der Waals surface area contributed by atoms with Gasteiger partial charge in [-0.1, -0.05) is 60.2 Å². The molecular weight excluding hydrogens is 579 g/mol. The summed E-state index contributed by atoms with van der Waals surface area (Å²) < 4.78 is 29.7. The Kier molecular flexibility index (Phi) is 6.87. The van der Waals surface area contributed by atoms with Crippen LogP contribution in [0.15, 0.2) is 36.0 Å². The molecule has 3 fully saturated rings. The average molecular weight is 612 g/mol. The van der Waals surface area contributed by atoms with Crippen LogP contribution in [0.2, 0.25) is 0 Å². The molecule has 0 aromatic carbocycles. The maximum atomic E-state index is 13.2. The van der Waals surface area contributed by atoms with Gasteiger partial charge in [0, 0.05) is 24.0 Å². The summed E-state index contributed by atoms with van der Waals surface area (Å²) in [7, 11) is 0. The zero-order valence-corrected chi connectivity index (χ0v) is 23.0. The van der Waals surface area contributed by atoms with Gasteiger partial charge in [-0.25, -0.2) is 9.59 Å². The first-order chi connectivity index (χ1) is 17.1. The summed E-state index contributed by atoms with van der Waals surface area (Å²) in [6.07, 6.45) is 9.34. The van der Waals surface area contributed by atoms with E-state index in [-0.39, 0.29) is 37.3 Å². The van der Waals surface area contributed by atoms with E-state index >= 15 is 0 Å². The smallest absolute Gasteiger partial charge is 0.331 e. The van der Waals surface area contributed by atoms with Crippen molar-refractivity contribution >= 4 is 40.5 Å². The molecule has 2 saturated heterocycles. The second-order valence-corrected chi connectivity index (χ2v) is 12.3. The molecule has 0 aromatic heterocycles. The minimum Gasteiger partial charge on any atom is -0.464 e. The number of halogens is 1. The van der Waals surface area contributed by atoms with Crippen molar-refractivity contribution in [2.75, 3.05) is 19.8 Å². The molecule has 0 unspecified atom stereocenters. The lowest BCUT2D eigenvalue weighted by Crippen LogP contribution is -2.66. The quantitative estimate of drug-likeness (QED) is 0.102. The van der Waals surface area contributed by atoms with Crippen LogP contribution in [0.4, 0.5) is 0 Å². The summed E-state index contributed by atoms with van der Waals surface area (Å²) in [4.78, 5) is 37.9. The number of allylic oxidation sites excluding steroid dienone is 3. The molecule has 5 rings (SSSR count). The summed E-state index contributed by atoms with van der Waals surface area (Å²) in [6, 6.07) is 0. The van der Waals surface area contributed by atoms with Crippen molar-refractivity contribution in [3.05, 3.63) is 36.0 Å². The number of hydrogen-bond donors (Lipinski definition) is 0. The molecule has 8 atom stereocenters. The Labute approximate surface area is 224 Å². The highest BCUT2D eigenvalue weighted by molar-refractivity contribution is 14.1. The highest BCUT2D eigenvalue weighted by Crippen LogP contribution is 2.72. The zero-order valence-electron chi connectivity index (χ0n) is 20.9. The van der Waals surface area contributed by atoms with Crippen LogP contribution in [0, 0.1) is 16.7 Å². The number of carbonyl (C=O) groups is 3. The number of alkyl halides is 1. The third-order valence-corrected chi connectivity index (χ3v) is 10.8. The summed E-state index contributed by atoms with van der Waals surface area (Å²) >= 11 is 2.11. The van der Waals surface area contributed by atoms with E-state index in [0.717, 1.165) is 12.8 Å².